The normalized spacial score (nSPS) is 12.1. The van der Waals surface area contributed by atoms with Crippen molar-refractivity contribution in [1.29, 1.82) is 5.26 Å². The van der Waals surface area contributed by atoms with E-state index < -0.39 is 6.10 Å². The van der Waals surface area contributed by atoms with Crippen molar-refractivity contribution in [1.82, 2.24) is 10.2 Å². The zero-order valence-corrected chi connectivity index (χ0v) is 12.9. The minimum atomic E-state index is -0.578. The SMILES string of the molecule is CN(C)CCCCNCC(O)COc1ccccc1C#N. The van der Waals surface area contributed by atoms with E-state index in [4.69, 9.17) is 10.00 Å². The minimum Gasteiger partial charge on any atom is -0.489 e. The van der Waals surface area contributed by atoms with Crippen molar-refractivity contribution in [2.24, 2.45) is 0 Å². The van der Waals surface area contributed by atoms with Gasteiger partial charge in [-0.3, -0.25) is 0 Å². The maximum Gasteiger partial charge on any atom is 0.137 e. The van der Waals surface area contributed by atoms with Crippen molar-refractivity contribution in [2.45, 2.75) is 18.9 Å². The summed E-state index contributed by atoms with van der Waals surface area (Å²) >= 11 is 0. The Hall–Kier alpha value is -1.61. The lowest BCUT2D eigenvalue weighted by atomic mass is 10.2. The van der Waals surface area contributed by atoms with Gasteiger partial charge in [0, 0.05) is 6.54 Å². The van der Waals surface area contributed by atoms with Gasteiger partial charge in [-0.1, -0.05) is 12.1 Å². The Kier molecular flexibility index (Phi) is 8.44. The van der Waals surface area contributed by atoms with Gasteiger partial charge in [0.1, 0.15) is 24.5 Å². The van der Waals surface area contributed by atoms with E-state index in [0.717, 1.165) is 25.9 Å². The maximum absolute atomic E-state index is 9.84. The van der Waals surface area contributed by atoms with E-state index in [0.29, 0.717) is 17.9 Å². The first-order chi connectivity index (χ1) is 10.1. The monoisotopic (exact) mass is 291 g/mol. The maximum atomic E-state index is 9.84. The zero-order valence-electron chi connectivity index (χ0n) is 12.9. The lowest BCUT2D eigenvalue weighted by Crippen LogP contribution is -2.32. The Morgan fingerprint density at radius 3 is 2.81 bits per heavy atom. The van der Waals surface area contributed by atoms with Crippen LogP contribution in [0.5, 0.6) is 5.75 Å². The number of ether oxygens (including phenoxy) is 1. The average molecular weight is 291 g/mol. The fourth-order valence-corrected chi connectivity index (χ4v) is 1.88. The van der Waals surface area contributed by atoms with Crippen LogP contribution in [-0.2, 0) is 0 Å². The highest BCUT2D eigenvalue weighted by Gasteiger charge is 2.07. The summed E-state index contributed by atoms with van der Waals surface area (Å²) < 4.78 is 5.48. The van der Waals surface area contributed by atoms with Gasteiger partial charge >= 0.3 is 0 Å². The molecule has 0 radical (unpaired) electrons. The standard InChI is InChI=1S/C16H25N3O2/c1-19(2)10-6-5-9-18-12-15(20)13-21-16-8-4-3-7-14(16)11-17/h3-4,7-8,15,18,20H,5-6,9-10,12-13H2,1-2H3. The molecule has 0 aliphatic heterocycles. The second kappa shape index (κ2) is 10.2. The Bertz CT molecular complexity index is 443. The number of aliphatic hydroxyl groups is 1. The fraction of sp³-hybridized carbons (Fsp3) is 0.562. The number of aliphatic hydroxyl groups excluding tert-OH is 1. The van der Waals surface area contributed by atoms with Crippen molar-refractivity contribution in [2.75, 3.05) is 40.3 Å². The third kappa shape index (κ3) is 7.66. The first-order valence-electron chi connectivity index (χ1n) is 7.29. The first kappa shape index (κ1) is 17.4. The molecule has 1 aromatic carbocycles. The fourth-order valence-electron chi connectivity index (χ4n) is 1.88. The second-order valence-corrected chi connectivity index (χ2v) is 5.29. The molecule has 0 heterocycles. The van der Waals surface area contributed by atoms with Gasteiger partial charge in [-0.2, -0.15) is 5.26 Å². The van der Waals surface area contributed by atoms with Crippen molar-refractivity contribution in [3.05, 3.63) is 29.8 Å². The minimum absolute atomic E-state index is 0.184. The molecule has 5 heteroatoms. The number of para-hydroxylation sites is 1. The van der Waals surface area contributed by atoms with Crippen LogP contribution in [0, 0.1) is 11.3 Å². The summed E-state index contributed by atoms with van der Waals surface area (Å²) in [7, 11) is 4.13. The number of nitriles is 1. The van der Waals surface area contributed by atoms with Crippen LogP contribution in [0.15, 0.2) is 24.3 Å². The molecule has 0 aliphatic rings. The topological polar surface area (TPSA) is 68.5 Å². The summed E-state index contributed by atoms with van der Waals surface area (Å²) in [5.74, 6) is 0.519. The Labute approximate surface area is 127 Å². The van der Waals surface area contributed by atoms with E-state index >= 15 is 0 Å². The molecule has 0 saturated heterocycles. The highest BCUT2D eigenvalue weighted by atomic mass is 16.5. The molecule has 0 saturated carbocycles. The molecule has 21 heavy (non-hydrogen) atoms. The molecule has 0 aliphatic carbocycles. The molecule has 2 N–H and O–H groups in total. The molecule has 1 rings (SSSR count). The molecule has 0 fully saturated rings. The van der Waals surface area contributed by atoms with Crippen LogP contribution in [0.25, 0.3) is 0 Å². The molecule has 1 atom stereocenters. The number of nitrogens with one attached hydrogen (secondary N) is 1. The van der Waals surface area contributed by atoms with Crippen LogP contribution in [0.1, 0.15) is 18.4 Å². The van der Waals surface area contributed by atoms with E-state index in [2.05, 4.69) is 30.4 Å². The zero-order chi connectivity index (χ0) is 15.5. The van der Waals surface area contributed by atoms with Gasteiger partial charge in [0.25, 0.3) is 0 Å². The van der Waals surface area contributed by atoms with E-state index in [1.165, 1.54) is 0 Å². The largest absolute Gasteiger partial charge is 0.489 e. The van der Waals surface area contributed by atoms with Crippen molar-refractivity contribution < 1.29 is 9.84 Å². The Morgan fingerprint density at radius 1 is 1.33 bits per heavy atom. The molecule has 0 amide bonds. The van der Waals surface area contributed by atoms with Crippen LogP contribution in [-0.4, -0.2) is 56.4 Å². The van der Waals surface area contributed by atoms with Gasteiger partial charge in [0.2, 0.25) is 0 Å². The Balaban J connectivity index is 2.14. The third-order valence-corrected chi connectivity index (χ3v) is 3.03. The average Bonchev–Trinajstić information content (AvgIpc) is 2.48. The Morgan fingerprint density at radius 2 is 2.10 bits per heavy atom. The summed E-state index contributed by atoms with van der Waals surface area (Å²) in [5, 5.41) is 22.0. The summed E-state index contributed by atoms with van der Waals surface area (Å²) in [5.41, 5.74) is 0.487. The lowest BCUT2D eigenvalue weighted by molar-refractivity contribution is 0.106. The lowest BCUT2D eigenvalue weighted by Gasteiger charge is -2.14. The van der Waals surface area contributed by atoms with Crippen LogP contribution in [0.2, 0.25) is 0 Å². The molecule has 0 bridgehead atoms. The van der Waals surface area contributed by atoms with Crippen LogP contribution in [0.3, 0.4) is 0 Å². The van der Waals surface area contributed by atoms with Gasteiger partial charge in [0.05, 0.1) is 5.56 Å². The predicted molar refractivity (Wildman–Crippen MR) is 83.3 cm³/mol. The van der Waals surface area contributed by atoms with Crippen molar-refractivity contribution >= 4 is 0 Å². The highest BCUT2D eigenvalue weighted by molar-refractivity contribution is 5.42. The van der Waals surface area contributed by atoms with Crippen molar-refractivity contribution in [3.8, 4) is 11.8 Å². The quantitative estimate of drug-likeness (QED) is 0.635. The third-order valence-electron chi connectivity index (χ3n) is 3.03. The molecule has 1 aromatic rings. The number of hydrogen-bond donors (Lipinski definition) is 2. The number of unbranched alkanes of at least 4 members (excludes halogenated alkanes) is 1. The smallest absolute Gasteiger partial charge is 0.137 e. The number of benzene rings is 1. The van der Waals surface area contributed by atoms with Gasteiger partial charge in [-0.05, 0) is 52.2 Å². The molecular formula is C16H25N3O2. The second-order valence-electron chi connectivity index (χ2n) is 5.29. The molecule has 116 valence electrons. The van der Waals surface area contributed by atoms with Gasteiger partial charge in [0.15, 0.2) is 0 Å². The van der Waals surface area contributed by atoms with Gasteiger partial charge < -0.3 is 20.1 Å². The van der Waals surface area contributed by atoms with Crippen LogP contribution >= 0.6 is 0 Å². The van der Waals surface area contributed by atoms with E-state index in [9.17, 15) is 5.11 Å². The predicted octanol–water partition coefficient (Wildman–Crippen LogP) is 1.23. The highest BCUT2D eigenvalue weighted by Crippen LogP contribution is 2.16. The molecule has 0 aromatic heterocycles. The molecular weight excluding hydrogens is 266 g/mol. The van der Waals surface area contributed by atoms with E-state index in [-0.39, 0.29) is 6.61 Å². The van der Waals surface area contributed by atoms with Gasteiger partial charge in [-0.15, -0.1) is 0 Å². The van der Waals surface area contributed by atoms with Gasteiger partial charge in [-0.25, -0.2) is 0 Å². The first-order valence-corrected chi connectivity index (χ1v) is 7.29. The number of hydrogen-bond acceptors (Lipinski definition) is 5. The summed E-state index contributed by atoms with van der Waals surface area (Å²) in [4.78, 5) is 2.16. The summed E-state index contributed by atoms with van der Waals surface area (Å²) in [6.45, 7) is 2.65. The number of nitrogens with zero attached hydrogens (tertiary/aromatic N) is 2. The molecule has 5 nitrogen and oxygen atoms in total. The molecule has 0 spiro atoms. The van der Waals surface area contributed by atoms with Crippen molar-refractivity contribution in [3.63, 3.8) is 0 Å². The summed E-state index contributed by atoms with van der Waals surface area (Å²) in [6.07, 6.45) is 1.65. The summed E-state index contributed by atoms with van der Waals surface area (Å²) in [6, 6.07) is 9.10. The number of rotatable bonds is 10. The van der Waals surface area contributed by atoms with E-state index in [1.54, 1.807) is 18.2 Å². The molecule has 1 unspecified atom stereocenters. The van der Waals surface area contributed by atoms with Crippen LogP contribution < -0.4 is 10.1 Å². The van der Waals surface area contributed by atoms with Crippen LogP contribution in [0.4, 0.5) is 0 Å². The van der Waals surface area contributed by atoms with E-state index in [1.807, 2.05) is 6.07 Å².